The van der Waals surface area contributed by atoms with E-state index in [4.69, 9.17) is 9.47 Å². The highest BCUT2D eigenvalue weighted by Gasteiger charge is 2.21. The molecule has 1 saturated heterocycles. The average Bonchev–Trinajstić information content (AvgIpc) is 2.74. The number of piperazine rings is 1. The number of nitrogens with one attached hydrogen (secondary N) is 2. The van der Waals surface area contributed by atoms with Crippen LogP contribution in [0, 0.1) is 5.92 Å². The summed E-state index contributed by atoms with van der Waals surface area (Å²) in [6, 6.07) is 7.79. The molecule has 0 aliphatic carbocycles. The average molecular weight is 390 g/mol. The summed E-state index contributed by atoms with van der Waals surface area (Å²) in [5.41, 5.74) is 0. The van der Waals surface area contributed by atoms with E-state index in [1.54, 1.807) is 7.05 Å². The number of aliphatic imine (C=N–C) groups is 1. The topological polar surface area (TPSA) is 61.4 Å². The molecule has 3 rings (SSSR count). The number of benzene rings is 1. The SMILES string of the molecule is CCN1CCN(CC(C)CNC(=NC)NCC2COc3ccccc3O2)CC1. The lowest BCUT2D eigenvalue weighted by Gasteiger charge is -2.35. The predicted molar refractivity (Wildman–Crippen MR) is 113 cm³/mol. The number of hydrogen-bond donors (Lipinski definition) is 2. The Hall–Kier alpha value is -1.99. The van der Waals surface area contributed by atoms with E-state index in [0.29, 0.717) is 19.1 Å². The van der Waals surface area contributed by atoms with Crippen LogP contribution in [0.5, 0.6) is 11.5 Å². The molecule has 0 radical (unpaired) electrons. The lowest BCUT2D eigenvalue weighted by molar-refractivity contribution is 0.0935. The number of nitrogens with zero attached hydrogens (tertiary/aromatic N) is 3. The van der Waals surface area contributed by atoms with E-state index in [1.807, 2.05) is 24.3 Å². The summed E-state index contributed by atoms with van der Waals surface area (Å²) in [5.74, 6) is 2.99. The number of fused-ring (bicyclic) bond motifs is 1. The van der Waals surface area contributed by atoms with Gasteiger partial charge in [-0.15, -0.1) is 0 Å². The monoisotopic (exact) mass is 389 g/mol. The highest BCUT2D eigenvalue weighted by Crippen LogP contribution is 2.30. The first-order valence-electron chi connectivity index (χ1n) is 10.5. The van der Waals surface area contributed by atoms with E-state index in [0.717, 1.165) is 37.1 Å². The van der Waals surface area contributed by atoms with Crippen molar-refractivity contribution in [3.8, 4) is 11.5 Å². The molecule has 0 saturated carbocycles. The van der Waals surface area contributed by atoms with Gasteiger partial charge in [-0.1, -0.05) is 26.0 Å². The lowest BCUT2D eigenvalue weighted by atomic mass is 10.1. The molecule has 7 heteroatoms. The molecule has 2 unspecified atom stereocenters. The second-order valence-electron chi connectivity index (χ2n) is 7.67. The van der Waals surface area contributed by atoms with Gasteiger partial charge in [-0.2, -0.15) is 0 Å². The maximum absolute atomic E-state index is 5.99. The Morgan fingerprint density at radius 2 is 1.86 bits per heavy atom. The summed E-state index contributed by atoms with van der Waals surface area (Å²) in [4.78, 5) is 9.42. The normalized spacial score (nSPS) is 22.0. The van der Waals surface area contributed by atoms with Crippen molar-refractivity contribution < 1.29 is 9.47 Å². The number of likely N-dealkylation sites (N-methyl/N-ethyl adjacent to an activating group) is 1. The van der Waals surface area contributed by atoms with E-state index < -0.39 is 0 Å². The highest BCUT2D eigenvalue weighted by atomic mass is 16.6. The Balaban J connectivity index is 1.35. The minimum atomic E-state index is -0.0271. The second kappa shape index (κ2) is 10.5. The van der Waals surface area contributed by atoms with Crippen molar-refractivity contribution in [1.29, 1.82) is 0 Å². The molecule has 2 atom stereocenters. The van der Waals surface area contributed by atoms with E-state index >= 15 is 0 Å². The van der Waals surface area contributed by atoms with Crippen LogP contribution in [0.2, 0.25) is 0 Å². The van der Waals surface area contributed by atoms with Gasteiger partial charge >= 0.3 is 0 Å². The summed E-state index contributed by atoms with van der Waals surface area (Å²) >= 11 is 0. The Kier molecular flexibility index (Phi) is 7.80. The summed E-state index contributed by atoms with van der Waals surface area (Å²) in [6.07, 6.45) is -0.0271. The molecule has 2 N–H and O–H groups in total. The number of hydrogen-bond acceptors (Lipinski definition) is 5. The molecule has 1 aromatic rings. The quantitative estimate of drug-likeness (QED) is 0.541. The van der Waals surface area contributed by atoms with Crippen molar-refractivity contribution in [2.75, 3.05) is 66.0 Å². The first kappa shape index (κ1) is 20.7. The smallest absolute Gasteiger partial charge is 0.191 e. The van der Waals surface area contributed by atoms with Crippen LogP contribution in [0.15, 0.2) is 29.3 Å². The first-order chi connectivity index (χ1) is 13.7. The van der Waals surface area contributed by atoms with E-state index in [2.05, 4.69) is 39.3 Å². The predicted octanol–water partition coefficient (Wildman–Crippen LogP) is 1.27. The van der Waals surface area contributed by atoms with Crippen molar-refractivity contribution in [3.05, 3.63) is 24.3 Å². The third-order valence-electron chi connectivity index (χ3n) is 5.39. The number of guanidine groups is 1. The van der Waals surface area contributed by atoms with Crippen molar-refractivity contribution in [2.24, 2.45) is 10.9 Å². The van der Waals surface area contributed by atoms with Crippen LogP contribution in [-0.4, -0.2) is 87.9 Å². The zero-order valence-corrected chi connectivity index (χ0v) is 17.5. The van der Waals surface area contributed by atoms with Gasteiger partial charge in [0.05, 0.1) is 6.54 Å². The van der Waals surface area contributed by atoms with Crippen LogP contribution >= 0.6 is 0 Å². The van der Waals surface area contributed by atoms with E-state index in [9.17, 15) is 0 Å². The van der Waals surface area contributed by atoms with E-state index in [1.165, 1.54) is 26.2 Å². The molecule has 0 spiro atoms. The molecule has 0 amide bonds. The van der Waals surface area contributed by atoms with Gasteiger partial charge in [0.25, 0.3) is 0 Å². The Morgan fingerprint density at radius 3 is 2.57 bits per heavy atom. The molecule has 1 fully saturated rings. The fraction of sp³-hybridized carbons (Fsp3) is 0.667. The zero-order valence-electron chi connectivity index (χ0n) is 17.5. The molecule has 2 aliphatic heterocycles. The van der Waals surface area contributed by atoms with Gasteiger partial charge in [0, 0.05) is 46.3 Å². The Morgan fingerprint density at radius 1 is 1.14 bits per heavy atom. The van der Waals surface area contributed by atoms with Crippen molar-refractivity contribution >= 4 is 5.96 Å². The van der Waals surface area contributed by atoms with Crippen LogP contribution in [0.3, 0.4) is 0 Å². The second-order valence-corrected chi connectivity index (χ2v) is 7.67. The number of ether oxygens (including phenoxy) is 2. The standard InChI is InChI=1S/C21H35N5O2/c1-4-25-9-11-26(12-10-25)15-17(2)13-23-21(22-3)24-14-18-16-27-19-7-5-6-8-20(19)28-18/h5-8,17-18H,4,9-16H2,1-3H3,(H2,22,23,24). The molecular weight excluding hydrogens is 354 g/mol. The maximum atomic E-state index is 5.99. The van der Waals surface area contributed by atoms with E-state index in [-0.39, 0.29) is 6.10 Å². The lowest BCUT2D eigenvalue weighted by Crippen LogP contribution is -2.49. The van der Waals surface area contributed by atoms with Crippen molar-refractivity contribution in [1.82, 2.24) is 20.4 Å². The third kappa shape index (κ3) is 6.01. The van der Waals surface area contributed by atoms with Crippen LogP contribution < -0.4 is 20.1 Å². The summed E-state index contributed by atoms with van der Waals surface area (Å²) in [5, 5.41) is 6.80. The van der Waals surface area contributed by atoms with Crippen LogP contribution in [-0.2, 0) is 0 Å². The minimum absolute atomic E-state index is 0.0271. The molecule has 7 nitrogen and oxygen atoms in total. The summed E-state index contributed by atoms with van der Waals surface area (Å²) < 4.78 is 11.8. The fourth-order valence-corrected chi connectivity index (χ4v) is 3.66. The van der Waals surface area contributed by atoms with Gasteiger partial charge in [0.15, 0.2) is 17.5 Å². The Labute approximate surface area is 169 Å². The largest absolute Gasteiger partial charge is 0.486 e. The first-order valence-corrected chi connectivity index (χ1v) is 10.5. The van der Waals surface area contributed by atoms with Crippen LogP contribution in [0.1, 0.15) is 13.8 Å². The van der Waals surface area contributed by atoms with Crippen molar-refractivity contribution in [3.63, 3.8) is 0 Å². The van der Waals surface area contributed by atoms with Crippen LogP contribution in [0.4, 0.5) is 0 Å². The molecule has 156 valence electrons. The van der Waals surface area contributed by atoms with Gasteiger partial charge in [-0.05, 0) is 24.6 Å². The van der Waals surface area contributed by atoms with Gasteiger partial charge in [0.2, 0.25) is 0 Å². The van der Waals surface area contributed by atoms with Gasteiger partial charge in [-0.25, -0.2) is 0 Å². The van der Waals surface area contributed by atoms with Gasteiger partial charge < -0.3 is 29.9 Å². The van der Waals surface area contributed by atoms with Gasteiger partial charge in [-0.3, -0.25) is 4.99 Å². The Bertz CT molecular complexity index is 631. The molecule has 2 aliphatic rings. The van der Waals surface area contributed by atoms with Gasteiger partial charge in [0.1, 0.15) is 12.7 Å². The number of rotatable bonds is 7. The van der Waals surface area contributed by atoms with Crippen molar-refractivity contribution in [2.45, 2.75) is 20.0 Å². The molecular formula is C21H35N5O2. The van der Waals surface area contributed by atoms with Crippen LogP contribution in [0.25, 0.3) is 0 Å². The highest BCUT2D eigenvalue weighted by molar-refractivity contribution is 5.79. The third-order valence-corrected chi connectivity index (χ3v) is 5.39. The molecule has 0 bridgehead atoms. The fourth-order valence-electron chi connectivity index (χ4n) is 3.66. The maximum Gasteiger partial charge on any atom is 0.191 e. The summed E-state index contributed by atoms with van der Waals surface area (Å²) in [6.45, 7) is 13.6. The minimum Gasteiger partial charge on any atom is -0.486 e. The molecule has 2 heterocycles. The number of para-hydroxylation sites is 2. The molecule has 1 aromatic carbocycles. The summed E-state index contributed by atoms with van der Waals surface area (Å²) in [7, 11) is 1.80. The zero-order chi connectivity index (χ0) is 19.8. The molecule has 0 aromatic heterocycles. The molecule has 28 heavy (non-hydrogen) atoms.